The van der Waals surface area contributed by atoms with Gasteiger partial charge in [-0.1, -0.05) is 123 Å². The van der Waals surface area contributed by atoms with E-state index in [0.29, 0.717) is 32.6 Å². The second-order valence-electron chi connectivity index (χ2n) is 12.9. The summed E-state index contributed by atoms with van der Waals surface area (Å²) in [6.45, 7) is 9.72. The van der Waals surface area contributed by atoms with Crippen molar-refractivity contribution in [3.63, 3.8) is 0 Å². The summed E-state index contributed by atoms with van der Waals surface area (Å²) in [5.74, 6) is -0.0129. The number of fused-ring (bicyclic) bond motifs is 3. The van der Waals surface area contributed by atoms with Gasteiger partial charge < -0.3 is 24.4 Å². The lowest BCUT2D eigenvalue weighted by Gasteiger charge is -2.32. The SMILES string of the molecule is CCOC(CN(CCC(c1ccccc1)c1ccccc1)C(=O)C(CC(C)C)NC(=O)OCC1c2ccccc2-c2ccccc21)OCC. The minimum Gasteiger partial charge on any atom is -0.449 e. The first kappa shape index (κ1) is 35.8. The zero-order valence-electron chi connectivity index (χ0n) is 29.2. The average Bonchev–Trinajstić information content (AvgIpc) is 3.44. The molecule has 0 bridgehead atoms. The van der Waals surface area contributed by atoms with E-state index in [1.54, 1.807) is 4.90 Å². The molecule has 4 aromatic carbocycles. The van der Waals surface area contributed by atoms with Crippen LogP contribution < -0.4 is 5.32 Å². The maximum atomic E-state index is 14.5. The predicted octanol–water partition coefficient (Wildman–Crippen LogP) is 8.39. The lowest BCUT2D eigenvalue weighted by atomic mass is 9.88. The van der Waals surface area contributed by atoms with Crippen LogP contribution in [0.4, 0.5) is 4.79 Å². The van der Waals surface area contributed by atoms with Crippen molar-refractivity contribution in [3.05, 3.63) is 131 Å². The zero-order chi connectivity index (χ0) is 34.6. The molecule has 0 heterocycles. The van der Waals surface area contributed by atoms with Crippen LogP contribution in [-0.2, 0) is 19.0 Å². The van der Waals surface area contributed by atoms with Gasteiger partial charge >= 0.3 is 6.09 Å². The van der Waals surface area contributed by atoms with Crippen LogP contribution in [0.1, 0.15) is 74.6 Å². The Kier molecular flexibility index (Phi) is 13.0. The van der Waals surface area contributed by atoms with Crippen molar-refractivity contribution in [2.24, 2.45) is 5.92 Å². The van der Waals surface area contributed by atoms with Gasteiger partial charge in [0.05, 0.1) is 6.54 Å². The highest BCUT2D eigenvalue weighted by atomic mass is 16.7. The Hall–Kier alpha value is -4.46. The molecule has 0 aromatic heterocycles. The van der Waals surface area contributed by atoms with E-state index in [1.807, 2.05) is 88.4 Å². The molecule has 0 saturated heterocycles. The second-order valence-corrected chi connectivity index (χ2v) is 12.9. The molecule has 1 aliphatic rings. The number of amides is 2. The minimum atomic E-state index is -0.772. The highest BCUT2D eigenvalue weighted by molar-refractivity contribution is 5.86. The molecule has 0 aliphatic heterocycles. The molecule has 4 aromatic rings. The maximum Gasteiger partial charge on any atom is 0.407 e. The van der Waals surface area contributed by atoms with Crippen molar-refractivity contribution in [1.29, 1.82) is 0 Å². The Morgan fingerprint density at radius 3 is 1.76 bits per heavy atom. The van der Waals surface area contributed by atoms with Crippen LogP contribution in [0.15, 0.2) is 109 Å². The van der Waals surface area contributed by atoms with Crippen molar-refractivity contribution in [1.82, 2.24) is 10.2 Å². The van der Waals surface area contributed by atoms with E-state index in [1.165, 1.54) is 11.1 Å². The fraction of sp³-hybridized carbons (Fsp3) is 0.381. The first-order chi connectivity index (χ1) is 23.9. The lowest BCUT2D eigenvalue weighted by molar-refractivity contribution is -0.160. The van der Waals surface area contributed by atoms with E-state index in [4.69, 9.17) is 14.2 Å². The van der Waals surface area contributed by atoms with Crippen molar-refractivity contribution in [3.8, 4) is 11.1 Å². The molecule has 1 unspecified atom stereocenters. The van der Waals surface area contributed by atoms with Crippen molar-refractivity contribution >= 4 is 12.0 Å². The fourth-order valence-electron chi connectivity index (χ4n) is 6.87. The molecule has 258 valence electrons. The molecule has 49 heavy (non-hydrogen) atoms. The van der Waals surface area contributed by atoms with Gasteiger partial charge in [0, 0.05) is 31.6 Å². The fourth-order valence-corrected chi connectivity index (χ4v) is 6.87. The number of ether oxygens (including phenoxy) is 3. The normalized spacial score (nSPS) is 13.0. The highest BCUT2D eigenvalue weighted by Gasteiger charge is 2.32. The average molecular weight is 663 g/mol. The van der Waals surface area contributed by atoms with Crippen molar-refractivity contribution in [2.75, 3.05) is 32.9 Å². The quantitative estimate of drug-likeness (QED) is 0.115. The number of nitrogens with zero attached hydrogens (tertiary/aromatic N) is 1. The second kappa shape index (κ2) is 17.8. The first-order valence-electron chi connectivity index (χ1n) is 17.6. The number of hydrogen-bond acceptors (Lipinski definition) is 5. The van der Waals surface area contributed by atoms with Crippen LogP contribution >= 0.6 is 0 Å². The van der Waals surface area contributed by atoms with E-state index in [9.17, 15) is 9.59 Å². The van der Waals surface area contributed by atoms with E-state index >= 15 is 0 Å². The van der Waals surface area contributed by atoms with Gasteiger partial charge in [0.2, 0.25) is 5.91 Å². The molecular formula is C42H50N2O5. The van der Waals surface area contributed by atoms with Gasteiger partial charge in [0.15, 0.2) is 6.29 Å². The number of hydrogen-bond donors (Lipinski definition) is 1. The Morgan fingerprint density at radius 1 is 0.735 bits per heavy atom. The number of benzene rings is 4. The summed E-state index contributed by atoms with van der Waals surface area (Å²) < 4.78 is 17.7. The summed E-state index contributed by atoms with van der Waals surface area (Å²) in [5, 5.41) is 2.95. The van der Waals surface area contributed by atoms with Gasteiger partial charge in [0.25, 0.3) is 0 Å². The number of carbonyl (C=O) groups is 2. The zero-order valence-corrected chi connectivity index (χ0v) is 29.2. The minimum absolute atomic E-state index is 0.0695. The molecule has 0 saturated carbocycles. The largest absolute Gasteiger partial charge is 0.449 e. The van der Waals surface area contributed by atoms with Crippen LogP contribution in [-0.4, -0.2) is 62.1 Å². The maximum absolute atomic E-state index is 14.5. The van der Waals surface area contributed by atoms with E-state index in [-0.39, 0.29) is 36.8 Å². The van der Waals surface area contributed by atoms with E-state index in [2.05, 4.69) is 53.8 Å². The lowest BCUT2D eigenvalue weighted by Crippen LogP contribution is -2.52. The standard InChI is InChI=1S/C42H50N2O5/c1-5-47-40(48-6-2)28-44(26-25-33(31-17-9-7-10-18-31)32-19-11-8-12-20-32)41(45)39(27-30(3)4)43-42(46)49-29-38-36-23-15-13-21-34(36)35-22-14-16-24-37(35)38/h7-24,30,33,38-40H,5-6,25-29H2,1-4H3,(H,43,46). The number of carbonyl (C=O) groups excluding carboxylic acids is 2. The smallest absolute Gasteiger partial charge is 0.407 e. The third kappa shape index (κ3) is 9.37. The summed E-state index contributed by atoms with van der Waals surface area (Å²) in [7, 11) is 0. The van der Waals surface area contributed by atoms with Crippen LogP contribution in [0, 0.1) is 5.92 Å². The third-order valence-corrected chi connectivity index (χ3v) is 9.12. The molecule has 0 radical (unpaired) electrons. The van der Waals surface area contributed by atoms with Crippen LogP contribution in [0.3, 0.4) is 0 Å². The van der Waals surface area contributed by atoms with Gasteiger partial charge in [-0.25, -0.2) is 4.79 Å². The summed E-state index contributed by atoms with van der Waals surface area (Å²) in [6, 6.07) is 36.5. The molecule has 1 atom stereocenters. The molecule has 2 amide bonds. The number of rotatable bonds is 17. The van der Waals surface area contributed by atoms with Gasteiger partial charge in [-0.05, 0) is 66.0 Å². The first-order valence-corrected chi connectivity index (χ1v) is 17.6. The molecular weight excluding hydrogens is 612 g/mol. The molecule has 1 N–H and O–H groups in total. The Labute approximate surface area is 291 Å². The van der Waals surface area contributed by atoms with Crippen molar-refractivity contribution < 1.29 is 23.8 Å². The molecule has 0 fully saturated rings. The topological polar surface area (TPSA) is 77.1 Å². The summed E-state index contributed by atoms with van der Waals surface area (Å²) in [5.41, 5.74) is 6.98. The summed E-state index contributed by atoms with van der Waals surface area (Å²) in [4.78, 5) is 29.7. The van der Waals surface area contributed by atoms with Gasteiger partial charge in [-0.15, -0.1) is 0 Å². The van der Waals surface area contributed by atoms with Crippen LogP contribution in [0.2, 0.25) is 0 Å². The van der Waals surface area contributed by atoms with Gasteiger partial charge in [0.1, 0.15) is 12.6 Å². The Bertz CT molecular complexity index is 1540. The molecule has 5 rings (SSSR count). The Morgan fingerprint density at radius 2 is 1.24 bits per heavy atom. The third-order valence-electron chi connectivity index (χ3n) is 9.12. The summed E-state index contributed by atoms with van der Waals surface area (Å²) in [6.07, 6.45) is -0.0309. The monoisotopic (exact) mass is 662 g/mol. The van der Waals surface area contributed by atoms with Gasteiger partial charge in [-0.3, -0.25) is 4.79 Å². The molecule has 0 spiro atoms. The predicted molar refractivity (Wildman–Crippen MR) is 194 cm³/mol. The van der Waals surface area contributed by atoms with Crippen LogP contribution in [0.5, 0.6) is 0 Å². The highest BCUT2D eigenvalue weighted by Crippen LogP contribution is 2.44. The molecule has 1 aliphatic carbocycles. The van der Waals surface area contributed by atoms with Gasteiger partial charge in [-0.2, -0.15) is 0 Å². The Balaban J connectivity index is 1.34. The van der Waals surface area contributed by atoms with Crippen molar-refractivity contribution in [2.45, 2.75) is 64.7 Å². The molecule has 7 heteroatoms. The van der Waals surface area contributed by atoms with E-state index in [0.717, 1.165) is 22.3 Å². The van der Waals surface area contributed by atoms with Crippen LogP contribution in [0.25, 0.3) is 11.1 Å². The number of nitrogens with one attached hydrogen (secondary N) is 1. The summed E-state index contributed by atoms with van der Waals surface area (Å²) >= 11 is 0. The molecule has 7 nitrogen and oxygen atoms in total. The van der Waals surface area contributed by atoms with E-state index < -0.39 is 18.4 Å². The number of alkyl carbamates (subject to hydrolysis) is 1.